The van der Waals surface area contributed by atoms with Gasteiger partial charge in [-0.1, -0.05) is 19.1 Å². The zero-order valence-electron chi connectivity index (χ0n) is 16.0. The second-order valence-corrected chi connectivity index (χ2v) is 7.33. The second kappa shape index (κ2) is 11.2. The molecule has 0 unspecified atom stereocenters. The van der Waals surface area contributed by atoms with Crippen LogP contribution in [-0.2, 0) is 11.3 Å². The standard InChI is InChI=1S/C19H26N6OS.HI/c1-2-3-17(26)23-16-6-4-15(5-7-16)14-22-18(20)24-9-11-25(12-10-24)19-21-8-13-27-19;/h4-8,13H,2-3,9-12,14H2,1H3,(H2,20,22)(H,23,26);1H. The Kier molecular flexibility index (Phi) is 8.97. The molecule has 1 aliphatic heterocycles. The first-order chi connectivity index (χ1) is 13.2. The van der Waals surface area contributed by atoms with E-state index in [0.29, 0.717) is 18.9 Å². The molecule has 7 nitrogen and oxygen atoms in total. The van der Waals surface area contributed by atoms with Gasteiger partial charge in [0, 0.05) is 49.9 Å². The highest BCUT2D eigenvalue weighted by molar-refractivity contribution is 14.0. The normalized spacial score (nSPS) is 14.5. The molecule has 0 atom stereocenters. The van der Waals surface area contributed by atoms with E-state index >= 15 is 0 Å². The Balaban J connectivity index is 0.00000280. The summed E-state index contributed by atoms with van der Waals surface area (Å²) >= 11 is 1.66. The van der Waals surface area contributed by atoms with Crippen LogP contribution in [0.3, 0.4) is 0 Å². The molecule has 1 saturated heterocycles. The number of nitrogens with two attached hydrogens (primary N) is 1. The van der Waals surface area contributed by atoms with Crippen molar-refractivity contribution in [2.24, 2.45) is 10.7 Å². The average molecular weight is 514 g/mol. The maximum absolute atomic E-state index is 11.6. The lowest BCUT2D eigenvalue weighted by atomic mass is 10.2. The lowest BCUT2D eigenvalue weighted by molar-refractivity contribution is -0.116. The molecule has 1 aromatic heterocycles. The molecule has 9 heteroatoms. The van der Waals surface area contributed by atoms with E-state index in [1.807, 2.05) is 42.8 Å². The number of aromatic nitrogens is 1. The van der Waals surface area contributed by atoms with Gasteiger partial charge in [0.25, 0.3) is 0 Å². The fourth-order valence-corrected chi connectivity index (χ4v) is 3.61. The molecule has 0 saturated carbocycles. The lowest BCUT2D eigenvalue weighted by Gasteiger charge is -2.35. The number of nitrogens with one attached hydrogen (secondary N) is 1. The van der Waals surface area contributed by atoms with Crippen LogP contribution in [0.25, 0.3) is 0 Å². The van der Waals surface area contributed by atoms with Crippen molar-refractivity contribution in [2.45, 2.75) is 26.3 Å². The lowest BCUT2D eigenvalue weighted by Crippen LogP contribution is -2.51. The molecule has 152 valence electrons. The van der Waals surface area contributed by atoms with Gasteiger partial charge in [-0.2, -0.15) is 0 Å². The number of halogens is 1. The minimum Gasteiger partial charge on any atom is -0.370 e. The third-order valence-corrected chi connectivity index (χ3v) is 5.26. The van der Waals surface area contributed by atoms with E-state index in [-0.39, 0.29) is 29.9 Å². The number of hydrogen-bond acceptors (Lipinski definition) is 5. The number of benzene rings is 1. The molecule has 1 amide bonds. The summed E-state index contributed by atoms with van der Waals surface area (Å²) in [6, 6.07) is 7.75. The van der Waals surface area contributed by atoms with Crippen LogP contribution >= 0.6 is 35.3 Å². The molecule has 1 fully saturated rings. The van der Waals surface area contributed by atoms with Gasteiger partial charge in [-0.25, -0.2) is 9.98 Å². The van der Waals surface area contributed by atoms with Crippen LogP contribution in [-0.4, -0.2) is 47.9 Å². The highest BCUT2D eigenvalue weighted by atomic mass is 127. The van der Waals surface area contributed by atoms with Crippen LogP contribution < -0.4 is 16.0 Å². The first-order valence-electron chi connectivity index (χ1n) is 9.24. The SMILES string of the molecule is CCCC(=O)Nc1ccc(CN=C(N)N2CCN(c3nccs3)CC2)cc1.I. The Hall–Kier alpha value is -1.88. The summed E-state index contributed by atoms with van der Waals surface area (Å²) in [6.45, 7) is 6.01. The van der Waals surface area contributed by atoms with Crippen molar-refractivity contribution in [3.63, 3.8) is 0 Å². The maximum atomic E-state index is 11.6. The van der Waals surface area contributed by atoms with Crippen LogP contribution in [0.4, 0.5) is 10.8 Å². The Bertz CT molecular complexity index is 757. The molecule has 3 rings (SSSR count). The third-order valence-electron chi connectivity index (χ3n) is 4.43. The smallest absolute Gasteiger partial charge is 0.224 e. The molecule has 0 aliphatic carbocycles. The van der Waals surface area contributed by atoms with Gasteiger partial charge in [-0.05, 0) is 24.1 Å². The van der Waals surface area contributed by atoms with Crippen molar-refractivity contribution in [1.82, 2.24) is 9.88 Å². The summed E-state index contributed by atoms with van der Waals surface area (Å²) in [5, 5.41) is 5.95. The maximum Gasteiger partial charge on any atom is 0.224 e. The van der Waals surface area contributed by atoms with Gasteiger partial charge in [0.2, 0.25) is 5.91 Å². The van der Waals surface area contributed by atoms with Gasteiger partial charge in [0.1, 0.15) is 0 Å². The first kappa shape index (κ1) is 22.4. The monoisotopic (exact) mass is 514 g/mol. The zero-order valence-corrected chi connectivity index (χ0v) is 19.2. The van der Waals surface area contributed by atoms with Crippen molar-refractivity contribution < 1.29 is 4.79 Å². The molecular formula is C19H27IN6OS. The Morgan fingerprint density at radius 3 is 2.57 bits per heavy atom. The summed E-state index contributed by atoms with van der Waals surface area (Å²) in [6.07, 6.45) is 3.22. The summed E-state index contributed by atoms with van der Waals surface area (Å²) in [5.41, 5.74) is 8.05. The predicted molar refractivity (Wildman–Crippen MR) is 127 cm³/mol. The van der Waals surface area contributed by atoms with Gasteiger partial charge < -0.3 is 20.9 Å². The van der Waals surface area contributed by atoms with Gasteiger partial charge in [0.15, 0.2) is 11.1 Å². The van der Waals surface area contributed by atoms with Crippen LogP contribution in [0.5, 0.6) is 0 Å². The minimum atomic E-state index is 0. The van der Waals surface area contributed by atoms with Gasteiger partial charge in [0.05, 0.1) is 6.54 Å². The number of aliphatic imine (C=N–C) groups is 1. The molecule has 0 radical (unpaired) electrons. The van der Waals surface area contributed by atoms with Crippen molar-refractivity contribution in [3.8, 4) is 0 Å². The number of nitrogens with zero attached hydrogens (tertiary/aromatic N) is 4. The molecule has 2 aromatic rings. The highest BCUT2D eigenvalue weighted by Gasteiger charge is 2.19. The predicted octanol–water partition coefficient (Wildman–Crippen LogP) is 3.14. The number of carbonyl (C=O) groups excluding carboxylic acids is 1. The van der Waals surface area contributed by atoms with E-state index in [4.69, 9.17) is 5.73 Å². The van der Waals surface area contributed by atoms with E-state index in [1.54, 1.807) is 11.3 Å². The quantitative estimate of drug-likeness (QED) is 0.352. The van der Waals surface area contributed by atoms with Gasteiger partial charge in [-0.15, -0.1) is 35.3 Å². The Morgan fingerprint density at radius 2 is 1.96 bits per heavy atom. The zero-order chi connectivity index (χ0) is 19.1. The van der Waals surface area contributed by atoms with E-state index in [9.17, 15) is 4.79 Å². The van der Waals surface area contributed by atoms with Crippen molar-refractivity contribution in [2.75, 3.05) is 36.4 Å². The molecule has 1 aromatic carbocycles. The number of thiazole rings is 1. The molecule has 3 N–H and O–H groups in total. The highest BCUT2D eigenvalue weighted by Crippen LogP contribution is 2.19. The number of guanidine groups is 1. The summed E-state index contributed by atoms with van der Waals surface area (Å²) in [4.78, 5) is 24.9. The van der Waals surface area contributed by atoms with E-state index < -0.39 is 0 Å². The summed E-state index contributed by atoms with van der Waals surface area (Å²) < 4.78 is 0. The molecule has 0 bridgehead atoms. The van der Waals surface area contributed by atoms with Gasteiger partial charge >= 0.3 is 0 Å². The largest absolute Gasteiger partial charge is 0.370 e. The van der Waals surface area contributed by atoms with Crippen LogP contribution in [0.15, 0.2) is 40.8 Å². The van der Waals surface area contributed by atoms with Crippen molar-refractivity contribution >= 4 is 58.0 Å². The molecular weight excluding hydrogens is 487 g/mol. The fraction of sp³-hybridized carbons (Fsp3) is 0.421. The topological polar surface area (TPSA) is 86.8 Å². The molecule has 2 heterocycles. The van der Waals surface area contributed by atoms with Crippen LogP contribution in [0.2, 0.25) is 0 Å². The van der Waals surface area contributed by atoms with Crippen molar-refractivity contribution in [1.29, 1.82) is 0 Å². The van der Waals surface area contributed by atoms with Crippen LogP contribution in [0.1, 0.15) is 25.3 Å². The second-order valence-electron chi connectivity index (χ2n) is 6.46. The Labute approximate surface area is 187 Å². The number of rotatable bonds is 6. The van der Waals surface area contributed by atoms with Gasteiger partial charge in [-0.3, -0.25) is 4.79 Å². The van der Waals surface area contributed by atoms with Crippen LogP contribution in [0, 0.1) is 0 Å². The number of piperazine rings is 1. The number of anilines is 2. The molecule has 1 aliphatic rings. The summed E-state index contributed by atoms with van der Waals surface area (Å²) in [7, 11) is 0. The first-order valence-corrected chi connectivity index (χ1v) is 10.1. The molecule has 0 spiro atoms. The fourth-order valence-electron chi connectivity index (χ4n) is 2.92. The summed E-state index contributed by atoms with van der Waals surface area (Å²) in [5.74, 6) is 0.624. The number of hydrogen-bond donors (Lipinski definition) is 2. The van der Waals surface area contributed by atoms with Crippen molar-refractivity contribution in [3.05, 3.63) is 41.4 Å². The average Bonchev–Trinajstić information content (AvgIpc) is 3.22. The van der Waals surface area contributed by atoms with E-state index in [2.05, 4.69) is 25.1 Å². The van der Waals surface area contributed by atoms with E-state index in [0.717, 1.165) is 49.0 Å². The third kappa shape index (κ3) is 6.33. The number of carbonyl (C=O) groups is 1. The van der Waals surface area contributed by atoms with E-state index in [1.165, 1.54) is 0 Å². The molecule has 28 heavy (non-hydrogen) atoms. The Morgan fingerprint density at radius 1 is 1.25 bits per heavy atom. The number of amides is 1. The minimum absolute atomic E-state index is 0.